The molecule has 4 nitrogen and oxygen atoms in total. The van der Waals surface area contributed by atoms with Gasteiger partial charge in [-0.05, 0) is 49.9 Å². The van der Waals surface area contributed by atoms with Gasteiger partial charge in [0.2, 0.25) is 0 Å². The zero-order chi connectivity index (χ0) is 21.6. The van der Waals surface area contributed by atoms with Gasteiger partial charge in [0.1, 0.15) is 5.69 Å². The number of benzene rings is 1. The Balaban J connectivity index is 2.72. The summed E-state index contributed by atoms with van der Waals surface area (Å²) in [5.41, 5.74) is -2.03. The van der Waals surface area contributed by atoms with Crippen LogP contribution in [-0.4, -0.2) is 33.3 Å². The van der Waals surface area contributed by atoms with E-state index in [1.807, 2.05) is 13.3 Å². The zero-order valence-electron chi connectivity index (χ0n) is 15.8. The topological polar surface area (TPSA) is 44.0 Å². The summed E-state index contributed by atoms with van der Waals surface area (Å²) >= 11 is 9.94. The third-order valence-electron chi connectivity index (χ3n) is 4.36. The Bertz CT molecular complexity index is 1090. The van der Waals surface area contributed by atoms with Gasteiger partial charge in [0, 0.05) is 22.7 Å². The summed E-state index contributed by atoms with van der Waals surface area (Å²) < 4.78 is 40.4. The maximum absolute atomic E-state index is 13.1. The first kappa shape index (κ1) is 23.0. The zero-order valence-corrected chi connectivity index (χ0v) is 19.0. The van der Waals surface area contributed by atoms with Crippen LogP contribution in [0.5, 0.6) is 0 Å². The Hall–Kier alpha value is -1.24. The highest BCUT2D eigenvalue weighted by Gasteiger charge is 2.35. The summed E-state index contributed by atoms with van der Waals surface area (Å²) in [7, 11) is 0.984. The van der Waals surface area contributed by atoms with E-state index in [9.17, 15) is 22.8 Å². The highest BCUT2D eigenvalue weighted by molar-refractivity contribution is 9.10. The maximum atomic E-state index is 13.1. The maximum Gasteiger partial charge on any atom is 0.431 e. The summed E-state index contributed by atoms with van der Waals surface area (Å²) in [6.45, 7) is 4.24. The van der Waals surface area contributed by atoms with Gasteiger partial charge in [-0.1, -0.05) is 27.5 Å². The van der Waals surface area contributed by atoms with Crippen LogP contribution in [0.25, 0.3) is 5.69 Å². The van der Waals surface area contributed by atoms with E-state index in [0.717, 1.165) is 11.6 Å². The van der Waals surface area contributed by atoms with Gasteiger partial charge in [-0.2, -0.15) is 13.2 Å². The Morgan fingerprint density at radius 1 is 1.25 bits per heavy atom. The summed E-state index contributed by atoms with van der Waals surface area (Å²) in [5, 5.41) is 0.455. The van der Waals surface area contributed by atoms with Gasteiger partial charge < -0.3 is 0 Å². The van der Waals surface area contributed by atoms with Crippen molar-refractivity contribution in [2.24, 2.45) is 7.05 Å². The smallest absolute Gasteiger partial charge is 0.292 e. The predicted molar refractivity (Wildman–Crippen MR) is 114 cm³/mol. The van der Waals surface area contributed by atoms with Gasteiger partial charge in [-0.3, -0.25) is 9.36 Å². The van der Waals surface area contributed by atoms with E-state index in [4.69, 9.17) is 11.6 Å². The average molecular weight is 500 g/mol. The van der Waals surface area contributed by atoms with Crippen LogP contribution in [0.2, 0.25) is 5.02 Å². The quantitative estimate of drug-likeness (QED) is 0.460. The number of rotatable bonds is 4. The highest BCUT2D eigenvalue weighted by Crippen LogP contribution is 2.47. The van der Waals surface area contributed by atoms with Crippen molar-refractivity contribution >= 4 is 40.7 Å². The first-order valence-electron chi connectivity index (χ1n) is 8.16. The Morgan fingerprint density at radius 3 is 2.32 bits per heavy atom. The Labute approximate surface area is 174 Å². The normalized spacial score (nSPS) is 13.6. The summed E-state index contributed by atoms with van der Waals surface area (Å²) in [6, 6.07) is 3.61. The molecule has 0 aliphatic carbocycles. The van der Waals surface area contributed by atoms with Gasteiger partial charge in [-0.25, -0.2) is 9.36 Å². The van der Waals surface area contributed by atoms with Crippen molar-refractivity contribution in [2.45, 2.75) is 24.1 Å². The molecule has 2 rings (SSSR count). The van der Waals surface area contributed by atoms with E-state index in [1.54, 1.807) is 19.1 Å². The van der Waals surface area contributed by atoms with E-state index in [1.165, 1.54) is 0 Å². The predicted octanol–water partition coefficient (Wildman–Crippen LogP) is 4.49. The lowest BCUT2D eigenvalue weighted by Gasteiger charge is -2.22. The van der Waals surface area contributed by atoms with E-state index < -0.39 is 30.0 Å². The molecule has 1 atom stereocenters. The van der Waals surface area contributed by atoms with Crippen molar-refractivity contribution in [3.05, 3.63) is 60.9 Å². The van der Waals surface area contributed by atoms with Crippen molar-refractivity contribution in [3.8, 4) is 5.69 Å². The van der Waals surface area contributed by atoms with Crippen LogP contribution in [0.4, 0.5) is 13.2 Å². The number of hydrogen-bond donors (Lipinski definition) is 0. The molecule has 0 aliphatic rings. The lowest BCUT2D eigenvalue weighted by Crippen LogP contribution is -2.41. The van der Waals surface area contributed by atoms with Crippen molar-refractivity contribution < 1.29 is 13.2 Å². The second-order valence-corrected chi connectivity index (χ2v) is 13.6. The largest absolute Gasteiger partial charge is 0.431 e. The van der Waals surface area contributed by atoms with Crippen LogP contribution in [0, 0.1) is 6.92 Å². The van der Waals surface area contributed by atoms with Crippen LogP contribution in [-0.2, 0) is 19.6 Å². The number of nitrogens with zero attached hydrogens (tertiary/aromatic N) is 2. The lowest BCUT2D eigenvalue weighted by atomic mass is 10.1. The third kappa shape index (κ3) is 4.66. The van der Waals surface area contributed by atoms with Crippen molar-refractivity contribution in [1.29, 1.82) is 0 Å². The number of aromatic nitrogens is 2. The second-order valence-electron chi connectivity index (χ2n) is 7.19. The minimum absolute atomic E-state index is 0.0558. The molecule has 0 spiro atoms. The van der Waals surface area contributed by atoms with E-state index >= 15 is 0 Å². The third-order valence-corrected chi connectivity index (χ3v) is 10.1. The summed E-state index contributed by atoms with van der Waals surface area (Å²) in [4.78, 5) is 25.0. The van der Waals surface area contributed by atoms with Gasteiger partial charge in [-0.15, -0.1) is 13.2 Å². The van der Waals surface area contributed by atoms with Crippen LogP contribution >= 0.6 is 34.4 Å². The van der Waals surface area contributed by atoms with Crippen molar-refractivity contribution in [3.63, 3.8) is 0 Å². The molecular formula is C18H20BrClF3N2O2P. The fourth-order valence-corrected chi connectivity index (χ4v) is 3.98. The van der Waals surface area contributed by atoms with Crippen LogP contribution in [0.15, 0.2) is 27.8 Å². The lowest BCUT2D eigenvalue weighted by molar-refractivity contribution is -0.144. The minimum atomic E-state index is -4.81. The molecule has 0 N–H and O–H groups in total. The van der Waals surface area contributed by atoms with E-state index in [-0.39, 0.29) is 10.3 Å². The first-order valence-corrected chi connectivity index (χ1v) is 12.4. The van der Waals surface area contributed by atoms with Crippen LogP contribution in [0.3, 0.4) is 0 Å². The van der Waals surface area contributed by atoms with Crippen molar-refractivity contribution in [2.75, 3.05) is 13.3 Å². The number of halogens is 5. The molecule has 2 aromatic rings. The molecule has 28 heavy (non-hydrogen) atoms. The summed E-state index contributed by atoms with van der Waals surface area (Å²) in [5.74, 6) is 0. The molecule has 0 fully saturated rings. The highest BCUT2D eigenvalue weighted by atomic mass is 79.9. The van der Waals surface area contributed by atoms with E-state index in [0.29, 0.717) is 33.2 Å². The molecule has 0 saturated carbocycles. The molecule has 1 heterocycles. The molecule has 10 heteroatoms. The van der Waals surface area contributed by atoms with Crippen molar-refractivity contribution in [1.82, 2.24) is 9.13 Å². The number of aryl methyl sites for hydroxylation is 1. The fraction of sp³-hybridized carbons (Fsp3) is 0.389. The molecule has 154 valence electrons. The molecule has 1 aromatic carbocycles. The van der Waals surface area contributed by atoms with E-state index in [2.05, 4.69) is 22.2 Å². The van der Waals surface area contributed by atoms with Crippen LogP contribution in [0.1, 0.15) is 16.8 Å². The average Bonchev–Trinajstić information content (AvgIpc) is 2.52. The molecule has 0 saturated heterocycles. The van der Waals surface area contributed by atoms with Gasteiger partial charge in [0.05, 0.1) is 5.69 Å². The fourth-order valence-electron chi connectivity index (χ4n) is 2.65. The molecule has 0 bridgehead atoms. The van der Waals surface area contributed by atoms with Gasteiger partial charge >= 0.3 is 11.9 Å². The SMILES string of the molecule is C=P(C)(C)C(Br)Cc1cc(-n2c(=O)cc(C(F)(F)F)n(C)c2=O)c(C)cc1Cl. The summed E-state index contributed by atoms with van der Waals surface area (Å²) in [6.07, 6.45) is -0.128. The monoisotopic (exact) mass is 498 g/mol. The van der Waals surface area contributed by atoms with Gasteiger partial charge in [0.25, 0.3) is 5.56 Å². The number of alkyl halides is 4. The minimum Gasteiger partial charge on any atom is -0.292 e. The standard InChI is InChI=1S/C18H20BrClF3N2O2P/c1-10-6-12(20)11(8-15(19)28(3,4)5)7-13(10)25-16(26)9-14(18(21,22)23)24(2)17(25)27/h6-7,9,15H,3,8H2,1-2,4-5H3. The van der Waals surface area contributed by atoms with Crippen LogP contribution < -0.4 is 11.2 Å². The molecule has 0 amide bonds. The first-order chi connectivity index (χ1) is 12.6. The molecular weight excluding hydrogens is 480 g/mol. The second kappa shape index (κ2) is 7.88. The molecule has 1 unspecified atom stereocenters. The molecule has 0 radical (unpaired) electrons. The number of hydrogen-bond acceptors (Lipinski definition) is 2. The molecule has 0 aliphatic heterocycles. The molecule has 1 aromatic heterocycles. The van der Waals surface area contributed by atoms with Gasteiger partial charge in [0.15, 0.2) is 0 Å². The Morgan fingerprint density at radius 2 is 1.82 bits per heavy atom. The Kier molecular flexibility index (Phi) is 6.49.